The molecule has 3 nitrogen and oxygen atoms in total. The Morgan fingerprint density at radius 3 is 2.37 bits per heavy atom. The lowest BCUT2D eigenvalue weighted by Gasteiger charge is -2.62. The van der Waals surface area contributed by atoms with Crippen LogP contribution in [0.15, 0.2) is 0 Å². The zero-order chi connectivity index (χ0) is 19.4. The Balaban J connectivity index is 1.57. The van der Waals surface area contributed by atoms with E-state index in [4.69, 9.17) is 0 Å². The molecule has 0 aliphatic heterocycles. The van der Waals surface area contributed by atoms with E-state index in [1.165, 1.54) is 25.7 Å². The van der Waals surface area contributed by atoms with Crippen LogP contribution in [-0.4, -0.2) is 34.1 Å². The van der Waals surface area contributed by atoms with Crippen LogP contribution in [0.1, 0.15) is 85.0 Å². The summed E-state index contributed by atoms with van der Waals surface area (Å²) in [5, 5.41) is 30.7. The maximum absolute atomic E-state index is 11.3. The Morgan fingerprint density at radius 1 is 0.926 bits per heavy atom. The van der Waals surface area contributed by atoms with E-state index in [0.717, 1.165) is 44.4 Å². The second-order valence-electron chi connectivity index (χ2n) is 11.3. The highest BCUT2D eigenvalue weighted by molar-refractivity contribution is 5.11. The smallest absolute Gasteiger partial charge is 0.0577 e. The normalized spacial score (nSPS) is 53.3. The van der Waals surface area contributed by atoms with E-state index >= 15 is 0 Å². The van der Waals surface area contributed by atoms with Gasteiger partial charge in [0.1, 0.15) is 0 Å². The summed E-state index contributed by atoms with van der Waals surface area (Å²) in [6.07, 6.45) is 10.8. The molecule has 0 aromatic rings. The summed E-state index contributed by atoms with van der Waals surface area (Å²) in [4.78, 5) is 0. The molecule has 4 aliphatic carbocycles. The number of hydrogen-bond acceptors (Lipinski definition) is 3. The molecule has 27 heavy (non-hydrogen) atoms. The Kier molecular flexibility index (Phi) is 5.44. The van der Waals surface area contributed by atoms with E-state index in [-0.39, 0.29) is 12.2 Å². The van der Waals surface area contributed by atoms with Crippen LogP contribution in [0.3, 0.4) is 0 Å². The predicted molar refractivity (Wildman–Crippen MR) is 108 cm³/mol. The van der Waals surface area contributed by atoms with Gasteiger partial charge >= 0.3 is 0 Å². The fraction of sp³-hybridized carbons (Fsp3) is 1.00. The molecule has 10 atom stereocenters. The fourth-order valence-corrected chi connectivity index (χ4v) is 8.79. The van der Waals surface area contributed by atoms with Gasteiger partial charge in [0.25, 0.3) is 0 Å². The summed E-state index contributed by atoms with van der Waals surface area (Å²) in [6.45, 7) is 7.74. The van der Waals surface area contributed by atoms with Gasteiger partial charge in [-0.25, -0.2) is 0 Å². The summed E-state index contributed by atoms with van der Waals surface area (Å²) in [7, 11) is 0. The number of hydrogen-bond donors (Lipinski definition) is 3. The van der Waals surface area contributed by atoms with Crippen molar-refractivity contribution in [1.29, 1.82) is 0 Å². The number of aliphatic hydroxyl groups is 3. The molecule has 0 aromatic carbocycles. The molecule has 4 aliphatic rings. The average molecular weight is 379 g/mol. The molecule has 0 bridgehead atoms. The lowest BCUT2D eigenvalue weighted by molar-refractivity contribution is -0.174. The van der Waals surface area contributed by atoms with Crippen molar-refractivity contribution in [2.45, 2.75) is 97.2 Å². The van der Waals surface area contributed by atoms with Crippen molar-refractivity contribution in [1.82, 2.24) is 0 Å². The van der Waals surface area contributed by atoms with Crippen LogP contribution in [0.25, 0.3) is 0 Å². The van der Waals surface area contributed by atoms with Crippen LogP contribution in [0.2, 0.25) is 0 Å². The molecule has 0 saturated heterocycles. The minimum atomic E-state index is -0.172. The lowest BCUT2D eigenvalue weighted by Crippen LogP contribution is -2.58. The molecule has 0 aromatic heterocycles. The Bertz CT molecular complexity index is 536. The third-order valence-electron chi connectivity index (χ3n) is 10.2. The van der Waals surface area contributed by atoms with Gasteiger partial charge in [0, 0.05) is 6.61 Å². The molecule has 4 rings (SSSR count). The first kappa shape index (κ1) is 20.2. The zero-order valence-electron chi connectivity index (χ0n) is 17.7. The summed E-state index contributed by atoms with van der Waals surface area (Å²) >= 11 is 0. The van der Waals surface area contributed by atoms with Crippen molar-refractivity contribution < 1.29 is 15.3 Å². The molecule has 3 heteroatoms. The quantitative estimate of drug-likeness (QED) is 0.680. The van der Waals surface area contributed by atoms with Crippen molar-refractivity contribution in [3.63, 3.8) is 0 Å². The molecular formula is C24H42O3. The van der Waals surface area contributed by atoms with E-state index in [9.17, 15) is 15.3 Å². The minimum Gasteiger partial charge on any atom is -0.396 e. The molecule has 3 N–H and O–H groups in total. The van der Waals surface area contributed by atoms with Crippen molar-refractivity contribution in [3.8, 4) is 0 Å². The van der Waals surface area contributed by atoms with Gasteiger partial charge in [0.15, 0.2) is 0 Å². The summed E-state index contributed by atoms with van der Waals surface area (Å²) < 4.78 is 0. The van der Waals surface area contributed by atoms with Crippen LogP contribution in [-0.2, 0) is 0 Å². The number of rotatable bonds is 4. The first-order valence-electron chi connectivity index (χ1n) is 11.8. The second-order valence-corrected chi connectivity index (χ2v) is 11.3. The van der Waals surface area contributed by atoms with Gasteiger partial charge in [0.05, 0.1) is 12.2 Å². The van der Waals surface area contributed by atoms with Crippen LogP contribution < -0.4 is 0 Å². The highest BCUT2D eigenvalue weighted by Crippen LogP contribution is 2.68. The maximum Gasteiger partial charge on any atom is 0.0577 e. The van der Waals surface area contributed by atoms with Gasteiger partial charge in [-0.05, 0) is 111 Å². The van der Waals surface area contributed by atoms with E-state index in [2.05, 4.69) is 20.8 Å². The Hall–Kier alpha value is -0.120. The highest BCUT2D eigenvalue weighted by Gasteiger charge is 2.62. The topological polar surface area (TPSA) is 60.7 Å². The summed E-state index contributed by atoms with van der Waals surface area (Å²) in [5.41, 5.74) is 0.694. The molecule has 0 spiro atoms. The number of fused-ring (bicyclic) bond motifs is 5. The van der Waals surface area contributed by atoms with Crippen LogP contribution in [0.4, 0.5) is 0 Å². The van der Waals surface area contributed by atoms with Gasteiger partial charge < -0.3 is 15.3 Å². The molecule has 1 unspecified atom stereocenters. The van der Waals surface area contributed by atoms with Crippen LogP contribution in [0, 0.1) is 46.3 Å². The molecule has 0 radical (unpaired) electrons. The molecule has 4 fully saturated rings. The van der Waals surface area contributed by atoms with Crippen molar-refractivity contribution in [3.05, 3.63) is 0 Å². The molecule has 156 valence electrons. The van der Waals surface area contributed by atoms with Crippen molar-refractivity contribution in [2.24, 2.45) is 46.3 Å². The van der Waals surface area contributed by atoms with E-state index in [0.29, 0.717) is 47.0 Å². The monoisotopic (exact) mass is 378 g/mol. The third kappa shape index (κ3) is 3.11. The van der Waals surface area contributed by atoms with Gasteiger partial charge in [-0.2, -0.15) is 0 Å². The van der Waals surface area contributed by atoms with E-state index < -0.39 is 0 Å². The molecule has 4 saturated carbocycles. The zero-order valence-corrected chi connectivity index (χ0v) is 17.7. The summed E-state index contributed by atoms with van der Waals surface area (Å²) in [5.74, 6) is 3.71. The Labute approximate surface area is 165 Å². The van der Waals surface area contributed by atoms with Gasteiger partial charge in [0.2, 0.25) is 0 Å². The highest BCUT2D eigenvalue weighted by atomic mass is 16.3. The second kappa shape index (κ2) is 7.29. The third-order valence-corrected chi connectivity index (χ3v) is 10.2. The van der Waals surface area contributed by atoms with Crippen molar-refractivity contribution in [2.75, 3.05) is 6.61 Å². The largest absolute Gasteiger partial charge is 0.396 e. The van der Waals surface area contributed by atoms with Gasteiger partial charge in [-0.15, -0.1) is 0 Å². The van der Waals surface area contributed by atoms with Crippen LogP contribution >= 0.6 is 0 Å². The minimum absolute atomic E-state index is 0.149. The van der Waals surface area contributed by atoms with Gasteiger partial charge in [-0.3, -0.25) is 0 Å². The van der Waals surface area contributed by atoms with Crippen molar-refractivity contribution >= 4 is 0 Å². The lowest BCUT2D eigenvalue weighted by atomic mass is 9.43. The maximum atomic E-state index is 11.3. The molecule has 0 heterocycles. The first-order valence-corrected chi connectivity index (χ1v) is 11.8. The summed E-state index contributed by atoms with van der Waals surface area (Å²) in [6, 6.07) is 0. The fourth-order valence-electron chi connectivity index (χ4n) is 8.79. The predicted octanol–water partition coefficient (Wildman–Crippen LogP) is 4.39. The standard InChI is InChI=1S/C24H42O3/c1-15(5-4-12-25)18-6-7-19-22-20(9-11-24(18,19)3)23(2)10-8-17(26)13-16(23)14-21(22)27/h15-22,25-27H,4-14H2,1-3H3/t15-,16?,17-,18-,19+,20+,21+,22+,23+,24-/m1/s1. The number of aliphatic hydroxyl groups excluding tert-OH is 3. The van der Waals surface area contributed by atoms with Crippen LogP contribution in [0.5, 0.6) is 0 Å². The first-order chi connectivity index (χ1) is 12.8. The SMILES string of the molecule is C[C@H](CCCO)[C@H]1CC[C@H]2[C@@H]3[C@@H](O)CC4C[C@H](O)CC[C@]4(C)[C@H]3CC[C@]12C. The Morgan fingerprint density at radius 2 is 1.63 bits per heavy atom. The van der Waals surface area contributed by atoms with E-state index in [1.807, 2.05) is 0 Å². The van der Waals surface area contributed by atoms with E-state index in [1.54, 1.807) is 0 Å². The molecular weight excluding hydrogens is 336 g/mol. The average Bonchev–Trinajstić information content (AvgIpc) is 2.98. The van der Waals surface area contributed by atoms with Gasteiger partial charge in [-0.1, -0.05) is 20.8 Å². The molecule has 0 amide bonds.